The smallest absolute Gasteiger partial charge is 0.391 e. The molecule has 0 aliphatic rings. The summed E-state index contributed by atoms with van der Waals surface area (Å²) in [6.45, 7) is -3.20. The molecule has 1 unspecified atom stereocenters. The van der Waals surface area contributed by atoms with E-state index < -0.39 is 103 Å². The van der Waals surface area contributed by atoms with Crippen molar-refractivity contribution < 1.29 is 106 Å². The Kier molecular flexibility index (Phi) is 12.2. The highest BCUT2D eigenvalue weighted by Crippen LogP contribution is 2.64. The molecule has 0 spiro atoms. The van der Waals surface area contributed by atoms with Gasteiger partial charge in [0.05, 0.1) is 32.5 Å². The zero-order valence-electron chi connectivity index (χ0n) is 21.4. The van der Waals surface area contributed by atoms with E-state index in [4.69, 9.17) is 9.66 Å². The van der Waals surface area contributed by atoms with Gasteiger partial charge in [0.15, 0.2) is 0 Å². The number of hydrogen-bond acceptors (Lipinski definition) is 5. The topological polar surface area (TPSA) is 121 Å². The molecule has 0 aliphatic heterocycles. The first-order chi connectivity index (χ1) is 19.0. The third kappa shape index (κ3) is 7.57. The Morgan fingerprint density at radius 2 is 0.955 bits per heavy atom. The number of hydrogen-bond donors (Lipinski definition) is 3. The number of likely N-dealkylation sites (N-methyl/N-ethyl adjacent to an activating group) is 1. The number of nitrogens with one attached hydrogen (secondary N) is 1. The molecule has 0 heterocycles. The van der Waals surface area contributed by atoms with Crippen LogP contribution in [-0.2, 0) is 20.1 Å². The van der Waals surface area contributed by atoms with Crippen molar-refractivity contribution >= 4 is 20.1 Å². The average Bonchev–Trinajstić information content (AvgIpc) is 2.79. The minimum Gasteiger partial charge on any atom is -0.391 e. The zero-order chi connectivity index (χ0) is 35.9. The fourth-order valence-electron chi connectivity index (χ4n) is 3.28. The molecule has 0 aliphatic carbocycles. The van der Waals surface area contributed by atoms with E-state index in [0.29, 0.717) is 4.72 Å². The SMILES string of the molecule is C[N+](CCO)(CCCNS(=O)(=O)C(F)(F)C(F)(F)C(F)(F)C(F)(F)C(F)(F)C(F)(F)C(F)(F)C(F)(F)F)CCCS(=O)(=O)O. The summed E-state index contributed by atoms with van der Waals surface area (Å²) in [6.07, 6.45) is -9.06. The number of nitrogens with zero attached hydrogens (tertiary/aromatic N) is 1. The van der Waals surface area contributed by atoms with Crippen LogP contribution in [0.3, 0.4) is 0 Å². The maximum Gasteiger partial charge on any atom is 0.460 e. The summed E-state index contributed by atoms with van der Waals surface area (Å²) in [6, 6.07) is 0. The average molecular weight is 737 g/mol. The number of halogens is 17. The van der Waals surface area contributed by atoms with Gasteiger partial charge in [0.25, 0.3) is 20.1 Å². The van der Waals surface area contributed by atoms with Crippen molar-refractivity contribution in [3.63, 3.8) is 0 Å². The molecule has 0 aromatic heterocycles. The highest BCUT2D eigenvalue weighted by atomic mass is 32.2. The van der Waals surface area contributed by atoms with Gasteiger partial charge in [-0.05, 0) is 0 Å². The van der Waals surface area contributed by atoms with Crippen LogP contribution in [0, 0.1) is 0 Å². The molecular weight excluding hydrogens is 715 g/mol. The predicted molar refractivity (Wildman–Crippen MR) is 111 cm³/mol. The lowest BCUT2D eigenvalue weighted by molar-refractivity contribution is -0.909. The molecule has 27 heteroatoms. The van der Waals surface area contributed by atoms with E-state index in [1.165, 1.54) is 7.05 Å². The van der Waals surface area contributed by atoms with Gasteiger partial charge in [0.2, 0.25) is 0 Å². The molecule has 0 fully saturated rings. The van der Waals surface area contributed by atoms with Crippen molar-refractivity contribution in [2.24, 2.45) is 0 Å². The van der Waals surface area contributed by atoms with Gasteiger partial charge in [0.1, 0.15) is 6.54 Å². The minimum absolute atomic E-state index is 0.255. The van der Waals surface area contributed by atoms with Crippen LogP contribution in [0.4, 0.5) is 74.6 Å². The van der Waals surface area contributed by atoms with E-state index in [1.807, 2.05) is 0 Å². The number of rotatable bonds is 18. The number of alkyl halides is 17. The molecule has 8 nitrogen and oxygen atoms in total. The van der Waals surface area contributed by atoms with Crippen molar-refractivity contribution in [3.05, 3.63) is 0 Å². The summed E-state index contributed by atoms with van der Waals surface area (Å²) in [5, 5.41) is 1.39. The third-order valence-corrected chi connectivity index (χ3v) is 8.26. The second-order valence-corrected chi connectivity index (χ2v) is 12.7. The van der Waals surface area contributed by atoms with Crippen LogP contribution in [0.2, 0.25) is 0 Å². The maximum atomic E-state index is 14.1. The Hall–Kier alpha value is -1.45. The first-order valence-electron chi connectivity index (χ1n) is 11.1. The lowest BCUT2D eigenvalue weighted by Crippen LogP contribution is -2.75. The van der Waals surface area contributed by atoms with Crippen LogP contribution in [-0.4, -0.2) is 124 Å². The van der Waals surface area contributed by atoms with Crippen molar-refractivity contribution in [2.45, 2.75) is 59.8 Å². The minimum atomic E-state index is -8.92. The molecule has 0 aromatic carbocycles. The molecule has 3 N–H and O–H groups in total. The van der Waals surface area contributed by atoms with Gasteiger partial charge in [-0.2, -0.15) is 83.1 Å². The largest absolute Gasteiger partial charge is 0.460 e. The van der Waals surface area contributed by atoms with Gasteiger partial charge >= 0.3 is 47.0 Å². The van der Waals surface area contributed by atoms with Crippen LogP contribution in [0.15, 0.2) is 0 Å². The molecule has 0 bridgehead atoms. The van der Waals surface area contributed by atoms with Crippen molar-refractivity contribution in [2.75, 3.05) is 45.6 Å². The summed E-state index contributed by atoms with van der Waals surface area (Å²) in [5.74, 6) is -52.9. The highest BCUT2D eigenvalue weighted by molar-refractivity contribution is 7.90. The monoisotopic (exact) mass is 737 g/mol. The third-order valence-electron chi connectivity index (χ3n) is 5.94. The molecule has 0 rings (SSSR count). The van der Waals surface area contributed by atoms with Crippen LogP contribution in [0.5, 0.6) is 0 Å². The molecule has 44 heavy (non-hydrogen) atoms. The summed E-state index contributed by atoms with van der Waals surface area (Å²) in [4.78, 5) is 0. The predicted octanol–water partition coefficient (Wildman–Crippen LogP) is 3.98. The van der Waals surface area contributed by atoms with Crippen molar-refractivity contribution in [3.8, 4) is 0 Å². The first kappa shape index (κ1) is 42.6. The lowest BCUT2D eigenvalue weighted by atomic mass is 9.91. The van der Waals surface area contributed by atoms with Gasteiger partial charge in [-0.15, -0.1) is 0 Å². The summed E-state index contributed by atoms with van der Waals surface area (Å²) in [5.41, 5.74) is 0. The van der Waals surface area contributed by atoms with Gasteiger partial charge in [0, 0.05) is 19.4 Å². The van der Waals surface area contributed by atoms with Crippen molar-refractivity contribution in [1.82, 2.24) is 4.72 Å². The number of quaternary nitrogens is 1. The van der Waals surface area contributed by atoms with E-state index in [9.17, 15) is 91.5 Å². The summed E-state index contributed by atoms with van der Waals surface area (Å²) >= 11 is 0. The first-order valence-corrected chi connectivity index (χ1v) is 14.2. The van der Waals surface area contributed by atoms with E-state index in [1.54, 1.807) is 0 Å². The Balaban J connectivity index is 6.22. The standard InChI is InChI=1S/C17H21F17N2O6S2/c1-36(7-8-37,6-3-9-43(38,39)40)5-2-4-35-44(41,42)17(33,34)15(28,29)13(24,25)11(20,21)10(18,19)12(22,23)14(26,27)16(30,31)32/h35,37H,2-9H2,1H3/p+1. The fraction of sp³-hybridized carbons (Fsp3) is 1.00. The Bertz CT molecular complexity index is 1210. The molecule has 1 atom stereocenters. The van der Waals surface area contributed by atoms with E-state index >= 15 is 0 Å². The quantitative estimate of drug-likeness (QED) is 0.0848. The Morgan fingerprint density at radius 1 is 0.591 bits per heavy atom. The highest BCUT2D eigenvalue weighted by Gasteiger charge is 2.96. The zero-order valence-corrected chi connectivity index (χ0v) is 23.0. The molecule has 0 amide bonds. The second-order valence-electron chi connectivity index (χ2n) is 9.37. The normalized spacial score (nSPS) is 17.1. The molecule has 0 aromatic rings. The fourth-order valence-corrected chi connectivity index (χ4v) is 4.84. The second kappa shape index (κ2) is 12.6. The van der Waals surface area contributed by atoms with Gasteiger partial charge in [-0.1, -0.05) is 0 Å². The lowest BCUT2D eigenvalue weighted by Gasteiger charge is -2.42. The van der Waals surface area contributed by atoms with Gasteiger partial charge in [-0.25, -0.2) is 13.1 Å². The van der Waals surface area contributed by atoms with Gasteiger partial charge < -0.3 is 9.59 Å². The molecule has 0 radical (unpaired) electrons. The molecule has 266 valence electrons. The van der Waals surface area contributed by atoms with E-state index in [-0.39, 0.29) is 19.5 Å². The maximum absolute atomic E-state index is 14.1. The summed E-state index contributed by atoms with van der Waals surface area (Å²) in [7, 11) is -10.7. The Morgan fingerprint density at radius 3 is 1.32 bits per heavy atom. The number of aliphatic hydroxyl groups is 1. The van der Waals surface area contributed by atoms with Crippen molar-refractivity contribution in [1.29, 1.82) is 0 Å². The van der Waals surface area contributed by atoms with Crippen LogP contribution in [0.1, 0.15) is 12.8 Å². The summed E-state index contributed by atoms with van der Waals surface area (Å²) < 4.78 is 280. The van der Waals surface area contributed by atoms with Crippen LogP contribution < -0.4 is 4.72 Å². The molecule has 0 saturated heterocycles. The van der Waals surface area contributed by atoms with Crippen LogP contribution in [0.25, 0.3) is 0 Å². The number of sulfonamides is 1. The molecule has 0 saturated carbocycles. The van der Waals surface area contributed by atoms with E-state index in [2.05, 4.69) is 0 Å². The molecular formula is C17H22F17N2O6S2+. The number of aliphatic hydroxyl groups excluding tert-OH is 1. The Labute approximate surface area is 236 Å². The van der Waals surface area contributed by atoms with Crippen LogP contribution >= 0.6 is 0 Å². The van der Waals surface area contributed by atoms with Gasteiger partial charge in [-0.3, -0.25) is 4.55 Å². The van der Waals surface area contributed by atoms with E-state index in [0.717, 1.165) is 0 Å².